The maximum atomic E-state index is 12.6. The number of aryl methyl sites for hydroxylation is 1. The first-order valence-corrected chi connectivity index (χ1v) is 9.38. The number of fused-ring (bicyclic) bond motifs is 1. The molecule has 0 radical (unpaired) electrons. The molecular weight excluding hydrogens is 356 g/mol. The van der Waals surface area contributed by atoms with Crippen LogP contribution in [0.25, 0.3) is 10.2 Å². The summed E-state index contributed by atoms with van der Waals surface area (Å²) in [5, 5.41) is 2.75. The molecule has 1 aliphatic rings. The molecule has 2 aromatic heterocycles. The number of amides is 1. The number of carbonyl (C=O) groups is 1. The zero-order chi connectivity index (χ0) is 17.4. The largest absolute Gasteiger partial charge is 0.352 e. The molecule has 25 heavy (non-hydrogen) atoms. The summed E-state index contributed by atoms with van der Waals surface area (Å²) < 4.78 is 1.12. The molecule has 1 fully saturated rings. The van der Waals surface area contributed by atoms with Crippen molar-refractivity contribution in [1.82, 2.24) is 14.9 Å². The Balaban J connectivity index is 1.49. The maximum absolute atomic E-state index is 12.6. The Morgan fingerprint density at radius 2 is 1.84 bits per heavy atom. The van der Waals surface area contributed by atoms with Gasteiger partial charge in [0.05, 0.1) is 10.2 Å². The van der Waals surface area contributed by atoms with E-state index in [1.54, 1.807) is 41.9 Å². The third-order valence-electron chi connectivity index (χ3n) is 4.47. The van der Waals surface area contributed by atoms with E-state index >= 15 is 0 Å². The van der Waals surface area contributed by atoms with Crippen molar-refractivity contribution in [2.24, 2.45) is 0 Å². The predicted molar refractivity (Wildman–Crippen MR) is 102 cm³/mol. The van der Waals surface area contributed by atoms with Crippen molar-refractivity contribution in [3.63, 3.8) is 0 Å². The summed E-state index contributed by atoms with van der Waals surface area (Å²) in [6.45, 7) is 4.96. The average Bonchev–Trinajstić information content (AvgIpc) is 3.03. The van der Waals surface area contributed by atoms with Gasteiger partial charge in [0, 0.05) is 36.8 Å². The number of hydrogen-bond acceptors (Lipinski definition) is 5. The Hall–Kier alpha value is -2.18. The summed E-state index contributed by atoms with van der Waals surface area (Å²) in [5.41, 5.74) is 2.88. The molecule has 5 nitrogen and oxygen atoms in total. The van der Waals surface area contributed by atoms with Crippen LogP contribution in [-0.4, -0.2) is 47.0 Å². The van der Waals surface area contributed by atoms with Crippen molar-refractivity contribution < 1.29 is 4.79 Å². The SMILES string of the molecule is Cc1csc2c(N3CCN(C(=O)c4ccc(Cl)cc4)CC3)ncnc12. The third kappa shape index (κ3) is 3.07. The summed E-state index contributed by atoms with van der Waals surface area (Å²) in [6.07, 6.45) is 1.63. The molecule has 128 valence electrons. The second-order valence-electron chi connectivity index (χ2n) is 6.08. The van der Waals surface area contributed by atoms with Crippen molar-refractivity contribution in [3.05, 3.63) is 52.1 Å². The lowest BCUT2D eigenvalue weighted by Gasteiger charge is -2.35. The lowest BCUT2D eigenvalue weighted by atomic mass is 10.2. The maximum Gasteiger partial charge on any atom is 0.253 e. The lowest BCUT2D eigenvalue weighted by molar-refractivity contribution is 0.0746. The molecule has 0 saturated carbocycles. The molecule has 1 amide bonds. The predicted octanol–water partition coefficient (Wildman–Crippen LogP) is 3.62. The van der Waals surface area contributed by atoms with E-state index in [2.05, 4.69) is 27.2 Å². The van der Waals surface area contributed by atoms with Gasteiger partial charge in [-0.1, -0.05) is 11.6 Å². The number of anilines is 1. The van der Waals surface area contributed by atoms with Crippen LogP contribution >= 0.6 is 22.9 Å². The van der Waals surface area contributed by atoms with Crippen molar-refractivity contribution in [1.29, 1.82) is 0 Å². The van der Waals surface area contributed by atoms with Gasteiger partial charge in [-0.2, -0.15) is 0 Å². The Labute approximate surface area is 154 Å². The van der Waals surface area contributed by atoms with Gasteiger partial charge in [-0.3, -0.25) is 4.79 Å². The van der Waals surface area contributed by atoms with Crippen LogP contribution in [0.1, 0.15) is 15.9 Å². The van der Waals surface area contributed by atoms with Gasteiger partial charge in [-0.25, -0.2) is 9.97 Å². The molecule has 7 heteroatoms. The molecule has 0 N–H and O–H groups in total. The van der Waals surface area contributed by atoms with Crippen molar-refractivity contribution in [2.45, 2.75) is 6.92 Å². The molecule has 4 rings (SSSR count). The van der Waals surface area contributed by atoms with Crippen molar-refractivity contribution in [3.8, 4) is 0 Å². The highest BCUT2D eigenvalue weighted by atomic mass is 35.5. The smallest absolute Gasteiger partial charge is 0.253 e. The number of hydrogen-bond donors (Lipinski definition) is 0. The van der Waals surface area contributed by atoms with Gasteiger partial charge in [-0.15, -0.1) is 11.3 Å². The van der Waals surface area contributed by atoms with E-state index in [1.165, 1.54) is 5.56 Å². The Morgan fingerprint density at radius 1 is 1.12 bits per heavy atom. The first-order chi connectivity index (χ1) is 12.1. The second kappa shape index (κ2) is 6.61. The minimum absolute atomic E-state index is 0.0520. The molecule has 0 aliphatic carbocycles. The number of halogens is 1. The molecule has 1 aromatic carbocycles. The molecule has 1 saturated heterocycles. The molecule has 0 unspecified atom stereocenters. The number of thiophene rings is 1. The van der Waals surface area contributed by atoms with Crippen LogP contribution in [0.5, 0.6) is 0 Å². The molecule has 3 heterocycles. The summed E-state index contributed by atoms with van der Waals surface area (Å²) in [5.74, 6) is 1.03. The van der Waals surface area contributed by atoms with E-state index in [4.69, 9.17) is 11.6 Å². The number of aromatic nitrogens is 2. The number of carbonyl (C=O) groups excluding carboxylic acids is 1. The zero-order valence-corrected chi connectivity index (χ0v) is 15.3. The van der Waals surface area contributed by atoms with E-state index in [0.29, 0.717) is 23.7 Å². The first kappa shape index (κ1) is 16.3. The van der Waals surface area contributed by atoms with Crippen LogP contribution in [0.3, 0.4) is 0 Å². The summed E-state index contributed by atoms with van der Waals surface area (Å²) >= 11 is 7.58. The number of rotatable bonds is 2. The Morgan fingerprint density at radius 3 is 2.56 bits per heavy atom. The van der Waals surface area contributed by atoms with E-state index in [-0.39, 0.29) is 5.91 Å². The van der Waals surface area contributed by atoms with Crippen molar-refractivity contribution >= 4 is 44.9 Å². The lowest BCUT2D eigenvalue weighted by Crippen LogP contribution is -2.49. The highest BCUT2D eigenvalue weighted by Gasteiger charge is 2.24. The van der Waals surface area contributed by atoms with Gasteiger partial charge in [0.25, 0.3) is 5.91 Å². The molecule has 3 aromatic rings. The van der Waals surface area contributed by atoms with Gasteiger partial charge in [-0.05, 0) is 42.1 Å². The van der Waals surface area contributed by atoms with Gasteiger partial charge in [0.15, 0.2) is 0 Å². The summed E-state index contributed by atoms with van der Waals surface area (Å²) in [6, 6.07) is 7.06. The number of piperazine rings is 1. The topological polar surface area (TPSA) is 49.3 Å². The third-order valence-corrected chi connectivity index (χ3v) is 5.80. The summed E-state index contributed by atoms with van der Waals surface area (Å²) in [7, 11) is 0. The monoisotopic (exact) mass is 372 g/mol. The van der Waals surface area contributed by atoms with Crippen LogP contribution in [-0.2, 0) is 0 Å². The Kier molecular flexibility index (Phi) is 4.31. The van der Waals surface area contributed by atoms with Crippen LogP contribution in [0.4, 0.5) is 5.82 Å². The van der Waals surface area contributed by atoms with Crippen molar-refractivity contribution in [2.75, 3.05) is 31.1 Å². The molecule has 0 bridgehead atoms. The molecule has 0 atom stereocenters. The van der Waals surface area contributed by atoms with Gasteiger partial charge in [0.1, 0.15) is 12.1 Å². The van der Waals surface area contributed by atoms with Gasteiger partial charge in [0.2, 0.25) is 0 Å². The van der Waals surface area contributed by atoms with Gasteiger partial charge < -0.3 is 9.80 Å². The quantitative estimate of drug-likeness (QED) is 0.689. The molecular formula is C18H17ClN4OS. The minimum atomic E-state index is 0.0520. The number of benzene rings is 1. The molecule has 0 spiro atoms. The van der Waals surface area contributed by atoms with Crippen LogP contribution in [0, 0.1) is 6.92 Å². The van der Waals surface area contributed by atoms with Crippen LogP contribution < -0.4 is 4.90 Å². The zero-order valence-electron chi connectivity index (χ0n) is 13.8. The fourth-order valence-electron chi connectivity index (χ4n) is 3.08. The number of nitrogens with zero attached hydrogens (tertiary/aromatic N) is 4. The second-order valence-corrected chi connectivity index (χ2v) is 7.40. The standard InChI is InChI=1S/C18H17ClN4OS/c1-12-10-25-16-15(12)20-11-21-17(16)22-6-8-23(9-7-22)18(24)13-2-4-14(19)5-3-13/h2-5,10-11H,6-9H2,1H3. The first-order valence-electron chi connectivity index (χ1n) is 8.12. The highest BCUT2D eigenvalue weighted by molar-refractivity contribution is 7.18. The fraction of sp³-hybridized carbons (Fsp3) is 0.278. The summed E-state index contributed by atoms with van der Waals surface area (Å²) in [4.78, 5) is 25.6. The van der Waals surface area contributed by atoms with Crippen LogP contribution in [0.2, 0.25) is 5.02 Å². The molecule has 1 aliphatic heterocycles. The van der Waals surface area contributed by atoms with Gasteiger partial charge >= 0.3 is 0 Å². The fourth-order valence-corrected chi connectivity index (χ4v) is 4.22. The van der Waals surface area contributed by atoms with E-state index in [0.717, 1.165) is 29.1 Å². The van der Waals surface area contributed by atoms with E-state index in [9.17, 15) is 4.79 Å². The normalized spacial score (nSPS) is 15.0. The van der Waals surface area contributed by atoms with E-state index < -0.39 is 0 Å². The average molecular weight is 373 g/mol. The Bertz CT molecular complexity index is 916. The highest BCUT2D eigenvalue weighted by Crippen LogP contribution is 2.31. The minimum Gasteiger partial charge on any atom is -0.352 e. The van der Waals surface area contributed by atoms with Crippen LogP contribution in [0.15, 0.2) is 36.0 Å². The van der Waals surface area contributed by atoms with E-state index in [1.807, 2.05) is 4.90 Å².